The molecule has 2 aromatic rings. The van der Waals surface area contributed by atoms with Crippen molar-refractivity contribution >= 4 is 21.8 Å². The van der Waals surface area contributed by atoms with Gasteiger partial charge in [0.05, 0.1) is 19.2 Å². The van der Waals surface area contributed by atoms with Crippen LogP contribution in [0.25, 0.3) is 0 Å². The van der Waals surface area contributed by atoms with E-state index in [1.54, 1.807) is 25.1 Å². The summed E-state index contributed by atoms with van der Waals surface area (Å²) in [5.41, 5.74) is -0.444. The van der Waals surface area contributed by atoms with E-state index in [9.17, 15) is 14.3 Å². The summed E-state index contributed by atoms with van der Waals surface area (Å²) in [7, 11) is 1.48. The van der Waals surface area contributed by atoms with Crippen LogP contribution in [0.15, 0.2) is 46.9 Å². The summed E-state index contributed by atoms with van der Waals surface area (Å²) in [4.78, 5) is 12.3. The second-order valence-corrected chi connectivity index (χ2v) is 6.22. The molecule has 1 unspecified atom stereocenters. The van der Waals surface area contributed by atoms with Crippen LogP contribution in [0.2, 0.25) is 0 Å². The molecule has 23 heavy (non-hydrogen) atoms. The van der Waals surface area contributed by atoms with Gasteiger partial charge in [0, 0.05) is 4.47 Å². The van der Waals surface area contributed by atoms with Gasteiger partial charge in [-0.2, -0.15) is 0 Å². The van der Waals surface area contributed by atoms with E-state index in [1.807, 2.05) is 0 Å². The second kappa shape index (κ2) is 7.10. The van der Waals surface area contributed by atoms with Gasteiger partial charge < -0.3 is 15.2 Å². The van der Waals surface area contributed by atoms with Crippen LogP contribution in [-0.2, 0) is 5.60 Å². The number of carbonyl (C=O) groups excluding carboxylic acids is 1. The van der Waals surface area contributed by atoms with Crippen LogP contribution in [-0.4, -0.2) is 24.7 Å². The van der Waals surface area contributed by atoms with Crippen LogP contribution in [0.5, 0.6) is 5.75 Å². The van der Waals surface area contributed by atoms with Crippen LogP contribution in [0.4, 0.5) is 4.39 Å². The summed E-state index contributed by atoms with van der Waals surface area (Å²) in [5.74, 6) is -0.315. The molecule has 0 aliphatic rings. The molecule has 2 N–H and O–H groups in total. The van der Waals surface area contributed by atoms with Crippen molar-refractivity contribution in [3.63, 3.8) is 0 Å². The summed E-state index contributed by atoms with van der Waals surface area (Å²) in [5, 5.41) is 13.1. The van der Waals surface area contributed by atoms with Crippen molar-refractivity contribution in [1.82, 2.24) is 5.32 Å². The van der Waals surface area contributed by atoms with Crippen molar-refractivity contribution in [2.75, 3.05) is 13.7 Å². The van der Waals surface area contributed by atoms with E-state index in [0.29, 0.717) is 16.9 Å². The number of hydrogen-bond donors (Lipinski definition) is 2. The molecule has 0 radical (unpaired) electrons. The predicted molar refractivity (Wildman–Crippen MR) is 89.0 cm³/mol. The van der Waals surface area contributed by atoms with Gasteiger partial charge >= 0.3 is 0 Å². The lowest BCUT2D eigenvalue weighted by molar-refractivity contribution is 0.0525. The lowest BCUT2D eigenvalue weighted by atomic mass is 9.96. The van der Waals surface area contributed by atoms with E-state index in [1.165, 1.54) is 31.4 Å². The summed E-state index contributed by atoms with van der Waals surface area (Å²) in [6.07, 6.45) is 0. The third-order valence-electron chi connectivity index (χ3n) is 3.47. The van der Waals surface area contributed by atoms with Gasteiger partial charge in [0.25, 0.3) is 5.91 Å². The first-order valence-electron chi connectivity index (χ1n) is 6.93. The van der Waals surface area contributed by atoms with Crippen molar-refractivity contribution in [2.45, 2.75) is 12.5 Å². The third kappa shape index (κ3) is 4.30. The Morgan fingerprint density at radius 2 is 1.96 bits per heavy atom. The van der Waals surface area contributed by atoms with Crippen molar-refractivity contribution in [3.05, 3.63) is 63.9 Å². The smallest absolute Gasteiger partial charge is 0.255 e. The monoisotopic (exact) mass is 381 g/mol. The highest BCUT2D eigenvalue weighted by molar-refractivity contribution is 9.10. The van der Waals surface area contributed by atoms with Crippen molar-refractivity contribution < 1.29 is 19.0 Å². The first kappa shape index (κ1) is 17.4. The maximum absolute atomic E-state index is 13.0. The quantitative estimate of drug-likeness (QED) is 0.835. The van der Waals surface area contributed by atoms with Crippen LogP contribution in [0, 0.1) is 5.82 Å². The summed E-state index contributed by atoms with van der Waals surface area (Å²) in [6.45, 7) is 1.53. The van der Waals surface area contributed by atoms with Gasteiger partial charge in [-0.3, -0.25) is 4.79 Å². The molecule has 4 nitrogen and oxygen atoms in total. The number of nitrogens with one attached hydrogen (secondary N) is 1. The molecule has 0 fully saturated rings. The average molecular weight is 382 g/mol. The number of halogens is 2. The Hall–Kier alpha value is -1.92. The normalized spacial score (nSPS) is 13.3. The molecule has 0 saturated heterocycles. The Morgan fingerprint density at radius 1 is 1.30 bits per heavy atom. The maximum atomic E-state index is 13.0. The minimum absolute atomic E-state index is 0.0207. The number of benzene rings is 2. The first-order chi connectivity index (χ1) is 10.8. The van der Waals surface area contributed by atoms with Gasteiger partial charge in [-0.1, -0.05) is 28.1 Å². The van der Waals surface area contributed by atoms with Crippen LogP contribution >= 0.6 is 15.9 Å². The van der Waals surface area contributed by atoms with Crippen LogP contribution in [0.3, 0.4) is 0 Å². The van der Waals surface area contributed by atoms with Gasteiger partial charge in [-0.25, -0.2) is 4.39 Å². The van der Waals surface area contributed by atoms with Crippen molar-refractivity contribution in [2.24, 2.45) is 0 Å². The van der Waals surface area contributed by atoms with Crippen molar-refractivity contribution in [3.8, 4) is 5.75 Å². The molecule has 1 amide bonds. The van der Waals surface area contributed by atoms with Crippen molar-refractivity contribution in [1.29, 1.82) is 0 Å². The van der Waals surface area contributed by atoms with Gasteiger partial charge in [-0.15, -0.1) is 0 Å². The van der Waals surface area contributed by atoms with E-state index in [0.717, 1.165) is 4.47 Å². The lowest BCUT2D eigenvalue weighted by Gasteiger charge is -2.24. The molecule has 0 aliphatic heterocycles. The molecule has 0 spiro atoms. The molecule has 2 rings (SSSR count). The van der Waals surface area contributed by atoms with Gasteiger partial charge in [-0.05, 0) is 42.8 Å². The number of carbonyl (C=O) groups is 1. The highest BCUT2D eigenvalue weighted by atomic mass is 79.9. The minimum Gasteiger partial charge on any atom is -0.496 e. The Balaban J connectivity index is 2.12. The number of ether oxygens (including phenoxy) is 1. The molecule has 6 heteroatoms. The van der Waals surface area contributed by atoms with Gasteiger partial charge in [0.1, 0.15) is 17.2 Å². The third-order valence-corrected chi connectivity index (χ3v) is 3.96. The Morgan fingerprint density at radius 3 is 2.57 bits per heavy atom. The largest absolute Gasteiger partial charge is 0.496 e. The Kier molecular flexibility index (Phi) is 5.38. The molecule has 0 saturated carbocycles. The number of rotatable bonds is 5. The van der Waals surface area contributed by atoms with E-state index in [-0.39, 0.29) is 18.3 Å². The summed E-state index contributed by atoms with van der Waals surface area (Å²) < 4.78 is 18.9. The van der Waals surface area contributed by atoms with Gasteiger partial charge in [0.15, 0.2) is 0 Å². The molecule has 1 atom stereocenters. The highest BCUT2D eigenvalue weighted by Crippen LogP contribution is 2.24. The zero-order valence-corrected chi connectivity index (χ0v) is 14.4. The minimum atomic E-state index is -1.32. The van der Waals surface area contributed by atoms with E-state index in [2.05, 4.69) is 21.2 Å². The second-order valence-electron chi connectivity index (χ2n) is 5.31. The summed E-state index contributed by atoms with van der Waals surface area (Å²) >= 11 is 3.31. The zero-order valence-electron chi connectivity index (χ0n) is 12.8. The zero-order chi connectivity index (χ0) is 17.0. The first-order valence-corrected chi connectivity index (χ1v) is 7.73. The Bertz CT molecular complexity index is 701. The lowest BCUT2D eigenvalue weighted by Crippen LogP contribution is -2.38. The number of aliphatic hydroxyl groups is 1. The topological polar surface area (TPSA) is 58.6 Å². The SMILES string of the molecule is COc1ccc(Br)cc1C(=O)NCC(C)(O)c1ccc(F)cc1. The number of methoxy groups -OCH3 is 1. The Labute approximate surface area is 142 Å². The molecular weight excluding hydrogens is 365 g/mol. The molecule has 0 aliphatic carbocycles. The maximum Gasteiger partial charge on any atom is 0.255 e. The highest BCUT2D eigenvalue weighted by Gasteiger charge is 2.24. The molecule has 0 heterocycles. The summed E-state index contributed by atoms with van der Waals surface area (Å²) in [6, 6.07) is 10.6. The fraction of sp³-hybridized carbons (Fsp3) is 0.235. The van der Waals surface area contributed by atoms with Crippen LogP contribution in [0.1, 0.15) is 22.8 Å². The standard InChI is InChI=1S/C17H17BrFNO3/c1-17(22,11-3-6-13(19)7-4-11)10-20-16(21)14-9-12(18)5-8-15(14)23-2/h3-9,22H,10H2,1-2H3,(H,20,21). The van der Waals surface area contributed by atoms with Crippen LogP contribution < -0.4 is 10.1 Å². The molecule has 0 aromatic heterocycles. The fourth-order valence-electron chi connectivity index (χ4n) is 2.12. The molecule has 0 bridgehead atoms. The predicted octanol–water partition coefficient (Wildman–Crippen LogP) is 3.23. The van der Waals surface area contributed by atoms with E-state index in [4.69, 9.17) is 4.74 Å². The molecule has 2 aromatic carbocycles. The van der Waals surface area contributed by atoms with E-state index < -0.39 is 5.60 Å². The average Bonchev–Trinajstić information content (AvgIpc) is 2.53. The number of amides is 1. The van der Waals surface area contributed by atoms with Gasteiger partial charge in [0.2, 0.25) is 0 Å². The molecule has 122 valence electrons. The fourth-order valence-corrected chi connectivity index (χ4v) is 2.48. The van der Waals surface area contributed by atoms with E-state index >= 15 is 0 Å². The number of hydrogen-bond acceptors (Lipinski definition) is 3. The molecular formula is C17H17BrFNO3.